The van der Waals surface area contributed by atoms with E-state index in [-0.39, 0.29) is 43.8 Å². The summed E-state index contributed by atoms with van der Waals surface area (Å²) < 4.78 is 5.52. The van der Waals surface area contributed by atoms with Gasteiger partial charge in [0.15, 0.2) is 0 Å². The highest BCUT2D eigenvalue weighted by Gasteiger charge is 2.44. The SMILES string of the molecule is Cc1ncsc1-c1ccc(CNC(=O)[C@@H]2C[C@@H](O)CN2C(=O)[C@@H](NC(=O)CCCCCN(CCCN)C(=O)OC(C)(C)C)C(C)(C)C)cc1. The Bertz CT molecular complexity index is 1400. The van der Waals surface area contributed by atoms with Gasteiger partial charge in [-0.15, -0.1) is 11.3 Å². The zero-order valence-corrected chi connectivity index (χ0v) is 31.0. The minimum absolute atomic E-state index is 0.0145. The van der Waals surface area contributed by atoms with Gasteiger partial charge in [0.2, 0.25) is 17.7 Å². The van der Waals surface area contributed by atoms with Crippen molar-refractivity contribution in [1.82, 2.24) is 25.4 Å². The lowest BCUT2D eigenvalue weighted by molar-refractivity contribution is -0.144. The molecule has 272 valence electrons. The number of β-amino-alcohol motifs (C(OH)–C–C–N with tert-alkyl or cyclic N) is 1. The molecule has 3 rings (SSSR count). The predicted molar refractivity (Wildman–Crippen MR) is 192 cm³/mol. The molecule has 2 aromatic rings. The monoisotopic (exact) mass is 700 g/mol. The van der Waals surface area contributed by atoms with Crippen LogP contribution in [0.25, 0.3) is 10.4 Å². The number of nitrogens with zero attached hydrogens (tertiary/aromatic N) is 3. The van der Waals surface area contributed by atoms with Gasteiger partial charge in [-0.2, -0.15) is 0 Å². The third-order valence-electron chi connectivity index (χ3n) is 8.33. The van der Waals surface area contributed by atoms with Crippen LogP contribution in [0.15, 0.2) is 29.8 Å². The molecule has 1 aromatic heterocycles. The average Bonchev–Trinajstić information content (AvgIpc) is 3.63. The Hall–Kier alpha value is -3.55. The third kappa shape index (κ3) is 12.4. The lowest BCUT2D eigenvalue weighted by Gasteiger charge is -2.35. The highest BCUT2D eigenvalue weighted by atomic mass is 32.1. The molecule has 4 amide bonds. The predicted octanol–water partition coefficient (Wildman–Crippen LogP) is 4.37. The fourth-order valence-electron chi connectivity index (χ4n) is 5.68. The number of aliphatic hydroxyl groups excluding tert-OH is 1. The molecule has 1 aliphatic heterocycles. The average molecular weight is 701 g/mol. The van der Waals surface area contributed by atoms with Gasteiger partial charge in [0.1, 0.15) is 17.7 Å². The molecule has 1 aromatic carbocycles. The molecule has 0 radical (unpaired) electrons. The van der Waals surface area contributed by atoms with Gasteiger partial charge in [-0.05, 0) is 70.0 Å². The molecular formula is C36H56N6O6S. The summed E-state index contributed by atoms with van der Waals surface area (Å²) in [6, 6.07) is 6.15. The van der Waals surface area contributed by atoms with E-state index in [0.29, 0.717) is 45.3 Å². The van der Waals surface area contributed by atoms with Gasteiger partial charge >= 0.3 is 6.09 Å². The van der Waals surface area contributed by atoms with Crippen molar-refractivity contribution in [2.75, 3.05) is 26.2 Å². The molecule has 0 aliphatic carbocycles. The number of aromatic nitrogens is 1. The zero-order valence-electron chi connectivity index (χ0n) is 30.2. The maximum absolute atomic E-state index is 13.9. The van der Waals surface area contributed by atoms with E-state index >= 15 is 0 Å². The molecule has 0 spiro atoms. The molecule has 0 saturated carbocycles. The summed E-state index contributed by atoms with van der Waals surface area (Å²) in [5, 5.41) is 16.3. The summed E-state index contributed by atoms with van der Waals surface area (Å²) in [5.74, 6) is -1.01. The van der Waals surface area contributed by atoms with Gasteiger partial charge < -0.3 is 36.0 Å². The number of aryl methyl sites for hydroxylation is 1. The van der Waals surface area contributed by atoms with Crippen molar-refractivity contribution in [3.8, 4) is 10.4 Å². The lowest BCUT2D eigenvalue weighted by atomic mass is 9.85. The molecule has 1 saturated heterocycles. The topological polar surface area (TPSA) is 167 Å². The van der Waals surface area contributed by atoms with E-state index in [1.165, 1.54) is 4.90 Å². The van der Waals surface area contributed by atoms with Crippen molar-refractivity contribution in [1.29, 1.82) is 0 Å². The van der Waals surface area contributed by atoms with Gasteiger partial charge in [0.25, 0.3) is 0 Å². The van der Waals surface area contributed by atoms with Crippen molar-refractivity contribution >= 4 is 35.2 Å². The van der Waals surface area contributed by atoms with E-state index in [1.807, 2.05) is 78.2 Å². The number of hydrogen-bond donors (Lipinski definition) is 4. The number of thiazole rings is 1. The van der Waals surface area contributed by atoms with Crippen LogP contribution in [0.2, 0.25) is 0 Å². The molecule has 3 atom stereocenters. The second-order valence-corrected chi connectivity index (χ2v) is 15.7. The smallest absolute Gasteiger partial charge is 0.410 e. The Morgan fingerprint density at radius 3 is 2.33 bits per heavy atom. The fraction of sp³-hybridized carbons (Fsp3) is 0.639. The van der Waals surface area contributed by atoms with E-state index in [0.717, 1.165) is 21.7 Å². The van der Waals surface area contributed by atoms with Crippen LogP contribution in [-0.2, 0) is 25.7 Å². The first kappa shape index (κ1) is 39.9. The van der Waals surface area contributed by atoms with Gasteiger partial charge in [-0.1, -0.05) is 51.5 Å². The summed E-state index contributed by atoms with van der Waals surface area (Å²) in [6.07, 6.45) is 1.76. The lowest BCUT2D eigenvalue weighted by Crippen LogP contribution is -2.57. The molecule has 12 nitrogen and oxygen atoms in total. The van der Waals surface area contributed by atoms with Crippen LogP contribution in [0, 0.1) is 12.3 Å². The van der Waals surface area contributed by atoms with E-state index < -0.39 is 35.1 Å². The van der Waals surface area contributed by atoms with E-state index in [9.17, 15) is 24.3 Å². The summed E-state index contributed by atoms with van der Waals surface area (Å²) in [5.41, 5.74) is 9.16. The molecule has 1 fully saturated rings. The van der Waals surface area contributed by atoms with Gasteiger partial charge in [0.05, 0.1) is 22.2 Å². The van der Waals surface area contributed by atoms with E-state index in [2.05, 4.69) is 15.6 Å². The molecule has 13 heteroatoms. The van der Waals surface area contributed by atoms with Crippen LogP contribution in [0.3, 0.4) is 0 Å². The molecule has 2 heterocycles. The zero-order chi connectivity index (χ0) is 36.4. The largest absolute Gasteiger partial charge is 0.444 e. The Morgan fingerprint density at radius 2 is 1.73 bits per heavy atom. The molecule has 0 unspecified atom stereocenters. The van der Waals surface area contributed by atoms with Crippen molar-refractivity contribution in [2.24, 2.45) is 11.1 Å². The number of carbonyl (C=O) groups excluding carboxylic acids is 4. The third-order valence-corrected chi connectivity index (χ3v) is 9.30. The molecule has 5 N–H and O–H groups in total. The highest BCUT2D eigenvalue weighted by Crippen LogP contribution is 2.28. The summed E-state index contributed by atoms with van der Waals surface area (Å²) in [7, 11) is 0. The van der Waals surface area contributed by atoms with Crippen molar-refractivity contribution in [2.45, 2.75) is 117 Å². The molecular weight excluding hydrogens is 644 g/mol. The van der Waals surface area contributed by atoms with Crippen LogP contribution in [-0.4, -0.2) is 93.7 Å². The number of amides is 4. The van der Waals surface area contributed by atoms with Gasteiger partial charge in [-0.25, -0.2) is 9.78 Å². The quantitative estimate of drug-likeness (QED) is 0.199. The highest BCUT2D eigenvalue weighted by molar-refractivity contribution is 7.13. The summed E-state index contributed by atoms with van der Waals surface area (Å²) >= 11 is 1.58. The molecule has 49 heavy (non-hydrogen) atoms. The van der Waals surface area contributed by atoms with Crippen molar-refractivity contribution < 1.29 is 29.0 Å². The van der Waals surface area contributed by atoms with Crippen molar-refractivity contribution in [3.05, 3.63) is 41.0 Å². The first-order chi connectivity index (χ1) is 23.0. The normalized spacial score (nSPS) is 17.0. The summed E-state index contributed by atoms with van der Waals surface area (Å²) in [4.78, 5) is 61.4. The number of unbranched alkanes of at least 4 members (excludes halogenated alkanes) is 2. The van der Waals surface area contributed by atoms with Crippen LogP contribution in [0.1, 0.15) is 91.3 Å². The van der Waals surface area contributed by atoms with Gasteiger partial charge in [-0.3, -0.25) is 14.4 Å². The van der Waals surface area contributed by atoms with Crippen LogP contribution < -0.4 is 16.4 Å². The second-order valence-electron chi connectivity index (χ2n) is 14.9. The Labute approximate surface area is 295 Å². The number of hydrogen-bond acceptors (Lipinski definition) is 9. The fourth-order valence-corrected chi connectivity index (χ4v) is 6.49. The first-order valence-corrected chi connectivity index (χ1v) is 18.1. The Balaban J connectivity index is 1.53. The van der Waals surface area contributed by atoms with Crippen molar-refractivity contribution in [3.63, 3.8) is 0 Å². The number of nitrogens with two attached hydrogens (primary N) is 1. The first-order valence-electron chi connectivity index (χ1n) is 17.2. The maximum atomic E-state index is 13.9. The van der Waals surface area contributed by atoms with Crippen LogP contribution in [0.4, 0.5) is 4.79 Å². The van der Waals surface area contributed by atoms with Crippen LogP contribution >= 0.6 is 11.3 Å². The Kier molecular flexibility index (Phi) is 14.6. The minimum Gasteiger partial charge on any atom is -0.444 e. The minimum atomic E-state index is -0.887. The summed E-state index contributed by atoms with van der Waals surface area (Å²) in [6.45, 7) is 14.8. The van der Waals surface area contributed by atoms with Crippen LogP contribution in [0.5, 0.6) is 0 Å². The number of benzene rings is 1. The second kappa shape index (κ2) is 17.9. The number of nitrogens with one attached hydrogen (secondary N) is 2. The number of rotatable bonds is 15. The number of aliphatic hydroxyl groups is 1. The van der Waals surface area contributed by atoms with E-state index in [1.54, 1.807) is 16.2 Å². The molecule has 0 bridgehead atoms. The molecule has 1 aliphatic rings. The number of likely N-dealkylation sites (tertiary alicyclic amines) is 1. The van der Waals surface area contributed by atoms with E-state index in [4.69, 9.17) is 10.5 Å². The Morgan fingerprint density at radius 1 is 1.06 bits per heavy atom. The number of carbonyl (C=O) groups is 4. The maximum Gasteiger partial charge on any atom is 0.410 e. The number of ether oxygens (including phenoxy) is 1. The van der Waals surface area contributed by atoms with Gasteiger partial charge in [0, 0.05) is 39.0 Å². The standard InChI is InChI=1S/C36H56N6O6S/c1-24-30(49-23-39-24)26-15-13-25(14-16-26)21-38-32(45)28-20-27(43)22-42(28)33(46)31(35(2,3)4)40-29(44)12-9-8-10-18-41(19-11-17-37)34(47)48-36(5,6)7/h13-16,23,27-28,31,43H,8-12,17-22,37H2,1-7H3,(H,38,45)(H,40,44)/t27-,28+,31-/m1/s1.